The van der Waals surface area contributed by atoms with Crippen LogP contribution in [-0.4, -0.2) is 63.3 Å². The van der Waals surface area contributed by atoms with Crippen LogP contribution in [0.15, 0.2) is 23.8 Å². The average Bonchev–Trinajstić information content (AvgIpc) is 2.95. The van der Waals surface area contributed by atoms with Crippen molar-refractivity contribution in [3.8, 4) is 45.6 Å². The lowest BCUT2D eigenvalue weighted by Gasteiger charge is -2.43. The minimum Gasteiger partial charge on any atom is -0.504 e. The summed E-state index contributed by atoms with van der Waals surface area (Å²) in [4.78, 5) is 25.6. The first-order valence-electron chi connectivity index (χ1n) is 12.9. The number of methoxy groups -OCH3 is 5. The smallest absolute Gasteiger partial charge is 0.334 e. The molecule has 1 aliphatic rings. The molecule has 2 aromatic rings. The molecule has 0 aliphatic heterocycles. The Kier molecular flexibility index (Phi) is 9.33. The molecule has 0 bridgehead atoms. The fourth-order valence-electron chi connectivity index (χ4n) is 5.10. The SMILES string of the molecule is C/C=C(/C)C(=O)O[C@@H]1c2cc(OC)c(OC)c(O)c2-c2c(cc(OC)c(OC)c2OC)[C@H](OC(C)=O)[C@@H](C)[C@]1(C)O. The van der Waals surface area contributed by atoms with E-state index in [1.165, 1.54) is 55.5 Å². The number of hydrogen-bond donors (Lipinski definition) is 2. The molecule has 11 nitrogen and oxygen atoms in total. The fraction of sp³-hybridized carbons (Fsp3) is 0.467. The number of carbonyl (C=O) groups excluding carboxylic acids is 2. The zero-order chi connectivity index (χ0) is 30.8. The maximum absolute atomic E-state index is 13.2. The van der Waals surface area contributed by atoms with Crippen molar-refractivity contribution in [2.75, 3.05) is 35.5 Å². The normalized spacial score (nSPS) is 21.8. The summed E-state index contributed by atoms with van der Waals surface area (Å²) in [7, 11) is 7.00. The summed E-state index contributed by atoms with van der Waals surface area (Å²) in [5.41, 5.74) is -0.736. The van der Waals surface area contributed by atoms with E-state index in [0.29, 0.717) is 11.1 Å². The second-order valence-corrected chi connectivity index (χ2v) is 9.84. The fourth-order valence-corrected chi connectivity index (χ4v) is 5.10. The first kappa shape index (κ1) is 31.4. The molecule has 224 valence electrons. The van der Waals surface area contributed by atoms with E-state index in [2.05, 4.69) is 0 Å². The first-order valence-corrected chi connectivity index (χ1v) is 12.9. The van der Waals surface area contributed by atoms with E-state index in [9.17, 15) is 19.8 Å². The van der Waals surface area contributed by atoms with Gasteiger partial charge in [0.05, 0.1) is 35.5 Å². The van der Waals surface area contributed by atoms with Crippen molar-refractivity contribution in [3.05, 3.63) is 34.9 Å². The van der Waals surface area contributed by atoms with E-state index in [1.54, 1.807) is 32.9 Å². The van der Waals surface area contributed by atoms with Gasteiger partial charge in [0.15, 0.2) is 29.1 Å². The van der Waals surface area contributed by atoms with Crippen LogP contribution in [0.4, 0.5) is 0 Å². The Morgan fingerprint density at radius 1 is 0.829 bits per heavy atom. The molecular weight excluding hydrogens is 536 g/mol. The Hall–Kier alpha value is -4.12. The molecule has 1 aliphatic carbocycles. The lowest BCUT2D eigenvalue weighted by Crippen LogP contribution is -2.46. The molecule has 0 saturated carbocycles. The van der Waals surface area contributed by atoms with Crippen LogP contribution in [0.5, 0.6) is 34.5 Å². The molecule has 0 fully saturated rings. The number of carbonyl (C=O) groups is 2. The predicted octanol–water partition coefficient (Wildman–Crippen LogP) is 4.66. The number of ether oxygens (including phenoxy) is 7. The van der Waals surface area contributed by atoms with Gasteiger partial charge in [0.2, 0.25) is 11.5 Å². The molecule has 0 unspecified atom stereocenters. The molecule has 41 heavy (non-hydrogen) atoms. The molecule has 2 aromatic carbocycles. The Balaban J connectivity index is 2.67. The van der Waals surface area contributed by atoms with E-state index < -0.39 is 41.4 Å². The second kappa shape index (κ2) is 12.2. The number of fused-ring (bicyclic) bond motifs is 3. The van der Waals surface area contributed by atoms with Crippen LogP contribution in [0, 0.1) is 5.92 Å². The van der Waals surface area contributed by atoms with Gasteiger partial charge < -0.3 is 43.4 Å². The molecule has 2 N–H and O–H groups in total. The highest BCUT2D eigenvalue weighted by Gasteiger charge is 2.51. The van der Waals surface area contributed by atoms with Gasteiger partial charge >= 0.3 is 11.9 Å². The molecule has 0 amide bonds. The van der Waals surface area contributed by atoms with Crippen molar-refractivity contribution in [1.29, 1.82) is 0 Å². The minimum atomic E-state index is -1.87. The lowest BCUT2D eigenvalue weighted by molar-refractivity contribution is -0.182. The van der Waals surface area contributed by atoms with Gasteiger partial charge in [0.1, 0.15) is 11.7 Å². The number of esters is 2. The molecule has 3 rings (SSSR count). The number of rotatable bonds is 8. The van der Waals surface area contributed by atoms with Crippen LogP contribution in [-0.2, 0) is 19.1 Å². The molecule has 4 atom stereocenters. The lowest BCUT2D eigenvalue weighted by atomic mass is 9.71. The predicted molar refractivity (Wildman–Crippen MR) is 149 cm³/mol. The monoisotopic (exact) mass is 574 g/mol. The highest BCUT2D eigenvalue weighted by atomic mass is 16.6. The molecule has 0 spiro atoms. The van der Waals surface area contributed by atoms with Crippen molar-refractivity contribution in [1.82, 2.24) is 0 Å². The number of phenolic OH excluding ortho intramolecular Hbond substituents is 1. The van der Waals surface area contributed by atoms with Crippen molar-refractivity contribution in [3.63, 3.8) is 0 Å². The van der Waals surface area contributed by atoms with Gasteiger partial charge in [0, 0.05) is 40.7 Å². The van der Waals surface area contributed by atoms with E-state index >= 15 is 0 Å². The third kappa shape index (κ3) is 5.33. The topological polar surface area (TPSA) is 139 Å². The van der Waals surface area contributed by atoms with Gasteiger partial charge in [-0.15, -0.1) is 0 Å². The summed E-state index contributed by atoms with van der Waals surface area (Å²) in [6.07, 6.45) is -0.950. The molecular formula is C30H38O11. The minimum absolute atomic E-state index is 0.0268. The Morgan fingerprint density at radius 3 is 1.85 bits per heavy atom. The quantitative estimate of drug-likeness (QED) is 0.336. The summed E-state index contributed by atoms with van der Waals surface area (Å²) < 4.78 is 39.8. The van der Waals surface area contributed by atoms with Crippen molar-refractivity contribution in [2.24, 2.45) is 5.92 Å². The standard InChI is InChI=1S/C30H38O11/c1-11-14(2)29(33)41-28-18-13-19(35-6)25(37-8)23(32)21(18)22-17(12-20(36-7)26(38-9)27(22)39-10)24(40-16(4)31)15(3)30(28,5)34/h11-13,15,24,28,32,34H,1-10H3/b14-11-/t15-,24-,28-,30+/m1/s1. The van der Waals surface area contributed by atoms with Crippen LogP contribution in [0.25, 0.3) is 11.1 Å². The maximum atomic E-state index is 13.2. The van der Waals surface area contributed by atoms with Crippen LogP contribution in [0.3, 0.4) is 0 Å². The van der Waals surface area contributed by atoms with Gasteiger partial charge in [-0.3, -0.25) is 4.79 Å². The van der Waals surface area contributed by atoms with E-state index in [0.717, 1.165) is 0 Å². The highest BCUT2D eigenvalue weighted by molar-refractivity contribution is 5.91. The summed E-state index contributed by atoms with van der Waals surface area (Å²) in [6.45, 7) is 7.63. The van der Waals surface area contributed by atoms with Gasteiger partial charge in [0.25, 0.3) is 0 Å². The number of hydrogen-bond acceptors (Lipinski definition) is 11. The third-order valence-corrected chi connectivity index (χ3v) is 7.55. The second-order valence-electron chi connectivity index (χ2n) is 9.84. The molecule has 0 saturated heterocycles. The van der Waals surface area contributed by atoms with Gasteiger partial charge in [-0.25, -0.2) is 4.79 Å². The Bertz CT molecular complexity index is 1360. The maximum Gasteiger partial charge on any atom is 0.334 e. The highest BCUT2D eigenvalue weighted by Crippen LogP contribution is 2.60. The molecule has 0 radical (unpaired) electrons. The molecule has 0 aromatic heterocycles. The van der Waals surface area contributed by atoms with Crippen LogP contribution >= 0.6 is 0 Å². The third-order valence-electron chi connectivity index (χ3n) is 7.55. The number of benzene rings is 2. The number of aliphatic hydroxyl groups is 1. The van der Waals surface area contributed by atoms with Crippen molar-refractivity contribution in [2.45, 2.75) is 52.4 Å². The Labute approximate surface area is 239 Å². The number of aromatic hydroxyl groups is 1. The first-order chi connectivity index (χ1) is 19.3. The molecule has 11 heteroatoms. The summed E-state index contributed by atoms with van der Waals surface area (Å²) in [6, 6.07) is 3.11. The van der Waals surface area contributed by atoms with Crippen molar-refractivity contribution < 1.29 is 53.0 Å². The van der Waals surface area contributed by atoms with Crippen molar-refractivity contribution >= 4 is 11.9 Å². The summed E-state index contributed by atoms with van der Waals surface area (Å²) in [5.74, 6) is -1.96. The largest absolute Gasteiger partial charge is 0.504 e. The van der Waals surface area contributed by atoms with Gasteiger partial charge in [-0.1, -0.05) is 13.0 Å². The van der Waals surface area contributed by atoms with Gasteiger partial charge in [-0.2, -0.15) is 0 Å². The van der Waals surface area contributed by atoms with E-state index in [1.807, 2.05) is 0 Å². The summed E-state index contributed by atoms with van der Waals surface area (Å²) >= 11 is 0. The van der Waals surface area contributed by atoms with Gasteiger partial charge in [-0.05, 0) is 32.9 Å². The van der Waals surface area contributed by atoms with E-state index in [-0.39, 0.29) is 45.4 Å². The Morgan fingerprint density at radius 2 is 1.37 bits per heavy atom. The van der Waals surface area contributed by atoms with Crippen LogP contribution in [0.1, 0.15) is 58.0 Å². The molecule has 0 heterocycles. The number of phenols is 1. The average molecular weight is 575 g/mol. The zero-order valence-corrected chi connectivity index (χ0v) is 25.0. The van der Waals surface area contributed by atoms with Crippen LogP contribution < -0.4 is 23.7 Å². The van der Waals surface area contributed by atoms with Crippen LogP contribution in [0.2, 0.25) is 0 Å². The zero-order valence-electron chi connectivity index (χ0n) is 25.0. The van der Waals surface area contributed by atoms with E-state index in [4.69, 9.17) is 33.2 Å². The number of allylic oxidation sites excluding steroid dienone is 1. The summed E-state index contributed by atoms with van der Waals surface area (Å²) in [5, 5.41) is 23.9.